The van der Waals surface area contributed by atoms with Crippen molar-refractivity contribution in [1.29, 1.82) is 0 Å². The maximum Gasteiger partial charge on any atom is 0.275 e. The Bertz CT molecular complexity index is 936. The van der Waals surface area contributed by atoms with Crippen molar-refractivity contribution in [1.82, 2.24) is 4.90 Å². The van der Waals surface area contributed by atoms with Crippen molar-refractivity contribution in [2.75, 3.05) is 18.1 Å². The summed E-state index contributed by atoms with van der Waals surface area (Å²) in [7, 11) is 0. The number of thioether (sulfide) groups is 1. The van der Waals surface area contributed by atoms with Gasteiger partial charge in [-0.2, -0.15) is 0 Å². The molecule has 0 saturated heterocycles. The van der Waals surface area contributed by atoms with Gasteiger partial charge < -0.3 is 10.2 Å². The average Bonchev–Trinajstić information content (AvgIpc) is 3.01. The van der Waals surface area contributed by atoms with Crippen molar-refractivity contribution < 1.29 is 9.59 Å². The van der Waals surface area contributed by atoms with Crippen LogP contribution >= 0.6 is 11.8 Å². The summed E-state index contributed by atoms with van der Waals surface area (Å²) < 4.78 is 0. The van der Waals surface area contributed by atoms with Gasteiger partial charge in [-0.1, -0.05) is 42.8 Å². The van der Waals surface area contributed by atoms with Gasteiger partial charge in [0.2, 0.25) is 5.91 Å². The number of carbonyl (C=O) groups excluding carboxylic acids is 2. The highest BCUT2D eigenvalue weighted by Gasteiger charge is 2.48. The molecule has 2 aliphatic rings. The van der Waals surface area contributed by atoms with Gasteiger partial charge in [0.15, 0.2) is 0 Å². The third-order valence-corrected chi connectivity index (χ3v) is 6.35. The first-order chi connectivity index (χ1) is 14.1. The molecule has 1 aliphatic carbocycles. The van der Waals surface area contributed by atoms with Crippen molar-refractivity contribution in [2.24, 2.45) is 4.99 Å². The van der Waals surface area contributed by atoms with Gasteiger partial charge in [-0.05, 0) is 50.1 Å². The lowest BCUT2D eigenvalue weighted by Gasteiger charge is -2.38. The molecule has 2 aromatic rings. The molecule has 29 heavy (non-hydrogen) atoms. The van der Waals surface area contributed by atoms with E-state index in [-0.39, 0.29) is 18.4 Å². The predicted octanol–water partition coefficient (Wildman–Crippen LogP) is 4.34. The lowest BCUT2D eigenvalue weighted by molar-refractivity contribution is -0.134. The third-order valence-electron chi connectivity index (χ3n) is 5.63. The second-order valence-corrected chi connectivity index (χ2v) is 8.42. The summed E-state index contributed by atoms with van der Waals surface area (Å²) in [6.45, 7) is 0.0160. The molecule has 5 nitrogen and oxygen atoms in total. The molecule has 150 valence electrons. The van der Waals surface area contributed by atoms with Crippen molar-refractivity contribution in [3.8, 4) is 0 Å². The van der Waals surface area contributed by atoms with Gasteiger partial charge >= 0.3 is 0 Å². The van der Waals surface area contributed by atoms with Gasteiger partial charge in [0.05, 0.1) is 0 Å². The molecule has 1 aliphatic heterocycles. The van der Waals surface area contributed by atoms with Crippen LogP contribution in [0.3, 0.4) is 0 Å². The highest BCUT2D eigenvalue weighted by Crippen LogP contribution is 2.39. The van der Waals surface area contributed by atoms with Crippen LogP contribution in [0.15, 0.2) is 64.5 Å². The zero-order chi connectivity index (χ0) is 20.3. The summed E-state index contributed by atoms with van der Waals surface area (Å²) >= 11 is 1.62. The largest absolute Gasteiger partial charge is 0.325 e. The number of aliphatic imine (C=N–C) groups is 1. The molecule has 1 N–H and O–H groups in total. The number of nitrogens with zero attached hydrogens (tertiary/aromatic N) is 2. The van der Waals surface area contributed by atoms with Crippen molar-refractivity contribution in [3.63, 3.8) is 0 Å². The minimum atomic E-state index is -0.584. The van der Waals surface area contributed by atoms with Crippen molar-refractivity contribution in [3.05, 3.63) is 60.2 Å². The number of hydrogen-bond acceptors (Lipinski definition) is 4. The van der Waals surface area contributed by atoms with Crippen LogP contribution in [0.4, 0.5) is 5.69 Å². The van der Waals surface area contributed by atoms with Crippen LogP contribution in [-0.4, -0.2) is 40.9 Å². The number of anilines is 1. The molecule has 0 bridgehead atoms. The van der Waals surface area contributed by atoms with E-state index in [2.05, 4.69) is 5.32 Å². The van der Waals surface area contributed by atoms with Crippen molar-refractivity contribution in [2.45, 2.75) is 42.7 Å². The van der Waals surface area contributed by atoms with Gasteiger partial charge in [0.25, 0.3) is 5.91 Å². The maximum atomic E-state index is 13.3. The van der Waals surface area contributed by atoms with Crippen molar-refractivity contribution >= 4 is 35.0 Å². The van der Waals surface area contributed by atoms with Crippen LogP contribution in [0.2, 0.25) is 0 Å². The molecule has 0 atom stereocenters. The van der Waals surface area contributed by atoms with Gasteiger partial charge in [-0.3, -0.25) is 14.6 Å². The number of rotatable bonds is 5. The predicted molar refractivity (Wildman–Crippen MR) is 117 cm³/mol. The number of hydrogen-bond donors (Lipinski definition) is 1. The van der Waals surface area contributed by atoms with E-state index in [1.54, 1.807) is 16.7 Å². The Kier molecular flexibility index (Phi) is 5.72. The topological polar surface area (TPSA) is 61.8 Å². The molecule has 1 saturated carbocycles. The van der Waals surface area contributed by atoms with E-state index in [4.69, 9.17) is 4.99 Å². The number of benzene rings is 2. The first-order valence-corrected chi connectivity index (χ1v) is 11.2. The first kappa shape index (κ1) is 19.7. The molecule has 1 fully saturated rings. The number of carbonyl (C=O) groups is 2. The van der Waals surface area contributed by atoms with Crippen LogP contribution in [0, 0.1) is 0 Å². The Morgan fingerprint density at radius 1 is 1.10 bits per heavy atom. The zero-order valence-corrected chi connectivity index (χ0v) is 17.4. The number of nitrogens with one attached hydrogen (secondary N) is 1. The second kappa shape index (κ2) is 8.41. The van der Waals surface area contributed by atoms with Crippen LogP contribution in [-0.2, 0) is 9.59 Å². The van der Waals surface area contributed by atoms with Gasteiger partial charge in [0.1, 0.15) is 17.9 Å². The Labute approximate surface area is 175 Å². The molecule has 0 unspecified atom stereocenters. The molecule has 2 amide bonds. The molecular weight excluding hydrogens is 382 g/mol. The van der Waals surface area contributed by atoms with Crippen LogP contribution in [0.5, 0.6) is 0 Å². The zero-order valence-electron chi connectivity index (χ0n) is 16.6. The minimum absolute atomic E-state index is 0.0160. The highest BCUT2D eigenvalue weighted by atomic mass is 32.2. The Hall–Kier alpha value is -2.60. The Balaban J connectivity index is 1.56. The van der Waals surface area contributed by atoms with Gasteiger partial charge in [-0.15, -0.1) is 11.8 Å². The summed E-state index contributed by atoms with van der Waals surface area (Å²) in [5, 5.41) is 2.94. The fourth-order valence-corrected chi connectivity index (χ4v) is 4.64. The van der Waals surface area contributed by atoms with E-state index in [1.165, 1.54) is 0 Å². The van der Waals surface area contributed by atoms with Crippen LogP contribution < -0.4 is 5.32 Å². The fourth-order valence-electron chi connectivity index (χ4n) is 4.18. The molecule has 1 spiro atoms. The molecule has 2 aromatic carbocycles. The molecule has 4 rings (SSSR count). The van der Waals surface area contributed by atoms with Crippen LogP contribution in [0.1, 0.15) is 37.7 Å². The summed E-state index contributed by atoms with van der Waals surface area (Å²) in [6, 6.07) is 17.3. The summed E-state index contributed by atoms with van der Waals surface area (Å²) in [4.78, 5) is 33.8. The smallest absolute Gasteiger partial charge is 0.275 e. The highest BCUT2D eigenvalue weighted by molar-refractivity contribution is 7.98. The van der Waals surface area contributed by atoms with E-state index >= 15 is 0 Å². The van der Waals surface area contributed by atoms with E-state index in [9.17, 15) is 9.59 Å². The number of amides is 2. The summed E-state index contributed by atoms with van der Waals surface area (Å²) in [5.41, 5.74) is 1.46. The fraction of sp³-hybridized carbons (Fsp3) is 0.348. The normalized spacial score (nSPS) is 18.0. The van der Waals surface area contributed by atoms with Gasteiger partial charge in [-0.25, -0.2) is 0 Å². The standard InChI is InChI=1S/C23H25N3O2S/c1-29-19-12-8-11-18(15-19)24-20(27)16-26-22(28)21(17-9-4-2-5-10-17)25-23(26)13-6-3-7-14-23/h2,4-5,8-12,15H,3,6-7,13-14,16H2,1H3,(H,24,27). The lowest BCUT2D eigenvalue weighted by Crippen LogP contribution is -2.51. The van der Waals surface area contributed by atoms with E-state index in [0.717, 1.165) is 48.3 Å². The SMILES string of the molecule is CSc1cccc(NC(=O)CN2C(=O)C(c3ccccc3)=NC23CCCCC3)c1. The average molecular weight is 408 g/mol. The second-order valence-electron chi connectivity index (χ2n) is 7.54. The molecule has 0 aromatic heterocycles. The summed E-state index contributed by atoms with van der Waals surface area (Å²) in [5.74, 6) is -0.336. The lowest BCUT2D eigenvalue weighted by atomic mass is 9.88. The Morgan fingerprint density at radius 2 is 1.86 bits per heavy atom. The third kappa shape index (κ3) is 4.08. The van der Waals surface area contributed by atoms with E-state index < -0.39 is 5.66 Å². The van der Waals surface area contributed by atoms with Crippen LogP contribution in [0.25, 0.3) is 0 Å². The quantitative estimate of drug-likeness (QED) is 0.750. The molecule has 1 heterocycles. The maximum absolute atomic E-state index is 13.3. The Morgan fingerprint density at radius 3 is 2.59 bits per heavy atom. The monoisotopic (exact) mass is 407 g/mol. The first-order valence-electron chi connectivity index (χ1n) is 10.0. The van der Waals surface area contributed by atoms with E-state index in [0.29, 0.717) is 5.71 Å². The van der Waals surface area contributed by atoms with Gasteiger partial charge in [0, 0.05) is 16.1 Å². The molecule has 0 radical (unpaired) electrons. The minimum Gasteiger partial charge on any atom is -0.325 e. The molecular formula is C23H25N3O2S. The molecule has 6 heteroatoms. The van der Waals surface area contributed by atoms with E-state index in [1.807, 2.05) is 60.9 Å². The summed E-state index contributed by atoms with van der Waals surface area (Å²) in [6.07, 6.45) is 6.81.